The Morgan fingerprint density at radius 3 is 2.00 bits per heavy atom. The third-order valence-corrected chi connectivity index (χ3v) is 3.79. The normalized spacial score (nSPS) is 14.5. The van der Waals surface area contributed by atoms with Gasteiger partial charge in [0.25, 0.3) is 11.8 Å². The van der Waals surface area contributed by atoms with E-state index in [1.54, 1.807) is 34.3 Å². The van der Waals surface area contributed by atoms with Crippen molar-refractivity contribution in [2.24, 2.45) is 0 Å². The van der Waals surface area contributed by atoms with Crippen molar-refractivity contribution < 1.29 is 9.59 Å². The van der Waals surface area contributed by atoms with Gasteiger partial charge in [-0.05, 0) is 18.6 Å². The number of amides is 2. The van der Waals surface area contributed by atoms with Gasteiger partial charge in [0.15, 0.2) is 0 Å². The Kier molecular flexibility index (Phi) is 6.20. The molecule has 0 aliphatic carbocycles. The van der Waals surface area contributed by atoms with E-state index in [1.807, 2.05) is 0 Å². The van der Waals surface area contributed by atoms with Crippen molar-refractivity contribution in [1.29, 1.82) is 0 Å². The van der Waals surface area contributed by atoms with E-state index in [0.717, 1.165) is 6.42 Å². The standard InChI is InChI=1S/C16H17N5O2.ClH/c22-15(13-3-1-4-17-9-13)20-5-2-6-21(8-7-20)16(23)14-10-18-12-19-11-14;/h1,3-4,9-12H,2,5-8H2;1H. The van der Waals surface area contributed by atoms with Crippen LogP contribution in [0.3, 0.4) is 0 Å². The molecule has 8 heteroatoms. The molecule has 0 saturated carbocycles. The quantitative estimate of drug-likeness (QED) is 0.817. The van der Waals surface area contributed by atoms with Gasteiger partial charge in [0.1, 0.15) is 6.33 Å². The number of carbonyl (C=O) groups excluding carboxylic acids is 2. The van der Waals surface area contributed by atoms with Crippen LogP contribution in [0.5, 0.6) is 0 Å². The maximum Gasteiger partial charge on any atom is 0.257 e. The average molecular weight is 348 g/mol. The SMILES string of the molecule is Cl.O=C(c1cccnc1)N1CCCN(C(=O)c2cncnc2)CC1. The van der Waals surface area contributed by atoms with Gasteiger partial charge in [0.2, 0.25) is 0 Å². The van der Waals surface area contributed by atoms with E-state index < -0.39 is 0 Å². The highest BCUT2D eigenvalue weighted by Crippen LogP contribution is 2.11. The number of nitrogens with zero attached hydrogens (tertiary/aromatic N) is 5. The van der Waals surface area contributed by atoms with Crippen molar-refractivity contribution in [3.05, 3.63) is 54.4 Å². The van der Waals surface area contributed by atoms with Crippen LogP contribution in [-0.4, -0.2) is 62.7 Å². The van der Waals surface area contributed by atoms with Gasteiger partial charge in [-0.25, -0.2) is 9.97 Å². The van der Waals surface area contributed by atoms with Crippen molar-refractivity contribution in [2.45, 2.75) is 6.42 Å². The Hall–Kier alpha value is -2.54. The number of hydrogen-bond acceptors (Lipinski definition) is 5. The van der Waals surface area contributed by atoms with Crippen LogP contribution >= 0.6 is 12.4 Å². The highest BCUT2D eigenvalue weighted by atomic mass is 35.5. The van der Waals surface area contributed by atoms with E-state index in [4.69, 9.17) is 0 Å². The number of rotatable bonds is 2. The third-order valence-electron chi connectivity index (χ3n) is 3.79. The fourth-order valence-corrected chi connectivity index (χ4v) is 2.59. The molecule has 1 saturated heterocycles. The largest absolute Gasteiger partial charge is 0.337 e. The number of carbonyl (C=O) groups is 2. The van der Waals surface area contributed by atoms with Crippen LogP contribution in [0, 0.1) is 0 Å². The minimum atomic E-state index is -0.0960. The molecule has 0 aromatic carbocycles. The van der Waals surface area contributed by atoms with E-state index in [2.05, 4.69) is 15.0 Å². The molecule has 1 aliphatic heterocycles. The van der Waals surface area contributed by atoms with Gasteiger partial charge in [-0.3, -0.25) is 14.6 Å². The van der Waals surface area contributed by atoms with Crippen LogP contribution in [0.1, 0.15) is 27.1 Å². The molecule has 0 radical (unpaired) electrons. The number of hydrogen-bond donors (Lipinski definition) is 0. The molecule has 7 nitrogen and oxygen atoms in total. The zero-order valence-corrected chi connectivity index (χ0v) is 13.9. The van der Waals surface area contributed by atoms with Gasteiger partial charge in [-0.2, -0.15) is 0 Å². The Morgan fingerprint density at radius 1 is 0.833 bits per heavy atom. The molecule has 1 aliphatic rings. The lowest BCUT2D eigenvalue weighted by molar-refractivity contribution is 0.0718. The molecular formula is C16H18ClN5O2. The highest BCUT2D eigenvalue weighted by Gasteiger charge is 2.23. The summed E-state index contributed by atoms with van der Waals surface area (Å²) in [5.41, 5.74) is 1.04. The van der Waals surface area contributed by atoms with E-state index in [0.29, 0.717) is 37.3 Å². The van der Waals surface area contributed by atoms with E-state index in [-0.39, 0.29) is 24.2 Å². The molecule has 0 unspecified atom stereocenters. The second kappa shape index (κ2) is 8.35. The van der Waals surface area contributed by atoms with Crippen molar-refractivity contribution in [3.63, 3.8) is 0 Å². The smallest absolute Gasteiger partial charge is 0.257 e. The van der Waals surface area contributed by atoms with E-state index in [9.17, 15) is 9.59 Å². The number of pyridine rings is 1. The fraction of sp³-hybridized carbons (Fsp3) is 0.312. The molecule has 0 bridgehead atoms. The summed E-state index contributed by atoms with van der Waals surface area (Å²) in [4.78, 5) is 40.1. The predicted molar refractivity (Wildman–Crippen MR) is 89.9 cm³/mol. The summed E-state index contributed by atoms with van der Waals surface area (Å²) >= 11 is 0. The summed E-state index contributed by atoms with van der Waals surface area (Å²) < 4.78 is 0. The first-order valence-electron chi connectivity index (χ1n) is 7.49. The third kappa shape index (κ3) is 4.05. The minimum absolute atomic E-state index is 0. The van der Waals surface area contributed by atoms with Gasteiger partial charge < -0.3 is 9.80 Å². The van der Waals surface area contributed by atoms with Crippen molar-refractivity contribution in [3.8, 4) is 0 Å². The van der Waals surface area contributed by atoms with Crippen LogP contribution in [0.4, 0.5) is 0 Å². The second-order valence-electron chi connectivity index (χ2n) is 5.31. The lowest BCUT2D eigenvalue weighted by Gasteiger charge is -2.22. The molecule has 2 aromatic heterocycles. The molecule has 24 heavy (non-hydrogen) atoms. The summed E-state index contributed by atoms with van der Waals surface area (Å²) in [6.45, 7) is 2.25. The van der Waals surface area contributed by atoms with Crippen LogP contribution < -0.4 is 0 Å². The van der Waals surface area contributed by atoms with Gasteiger partial charge in [0, 0.05) is 51.0 Å². The van der Waals surface area contributed by atoms with Crippen LogP contribution in [0.2, 0.25) is 0 Å². The maximum atomic E-state index is 12.5. The van der Waals surface area contributed by atoms with Crippen molar-refractivity contribution in [2.75, 3.05) is 26.2 Å². The monoisotopic (exact) mass is 347 g/mol. The molecule has 2 aromatic rings. The highest BCUT2D eigenvalue weighted by molar-refractivity contribution is 5.95. The second-order valence-corrected chi connectivity index (χ2v) is 5.31. The minimum Gasteiger partial charge on any atom is -0.337 e. The number of halogens is 1. The molecule has 1 fully saturated rings. The zero-order chi connectivity index (χ0) is 16.1. The Balaban J connectivity index is 0.00000208. The van der Waals surface area contributed by atoms with Crippen LogP contribution in [-0.2, 0) is 0 Å². The van der Waals surface area contributed by atoms with Crippen LogP contribution in [0.15, 0.2) is 43.2 Å². The summed E-state index contributed by atoms with van der Waals surface area (Å²) in [6.07, 6.45) is 8.37. The lowest BCUT2D eigenvalue weighted by atomic mass is 10.2. The first kappa shape index (κ1) is 17.8. The fourth-order valence-electron chi connectivity index (χ4n) is 2.59. The first-order chi connectivity index (χ1) is 11.3. The Morgan fingerprint density at radius 2 is 1.42 bits per heavy atom. The molecule has 0 spiro atoms. The number of aromatic nitrogens is 3. The summed E-state index contributed by atoms with van der Waals surface area (Å²) in [6, 6.07) is 3.50. The molecule has 0 N–H and O–H groups in total. The predicted octanol–water partition coefficient (Wildman–Crippen LogP) is 1.28. The maximum absolute atomic E-state index is 12.5. The molecule has 3 heterocycles. The molecule has 3 rings (SSSR count). The van der Waals surface area contributed by atoms with Gasteiger partial charge in [0.05, 0.1) is 11.1 Å². The molecule has 126 valence electrons. The van der Waals surface area contributed by atoms with Crippen molar-refractivity contribution >= 4 is 24.2 Å². The van der Waals surface area contributed by atoms with Gasteiger partial charge in [-0.15, -0.1) is 12.4 Å². The summed E-state index contributed by atoms with van der Waals surface area (Å²) in [7, 11) is 0. The summed E-state index contributed by atoms with van der Waals surface area (Å²) in [5.74, 6) is -0.142. The van der Waals surface area contributed by atoms with Crippen LogP contribution in [0.25, 0.3) is 0 Å². The van der Waals surface area contributed by atoms with E-state index in [1.165, 1.54) is 18.7 Å². The molecular weight excluding hydrogens is 330 g/mol. The molecule has 2 amide bonds. The average Bonchev–Trinajstić information content (AvgIpc) is 2.88. The van der Waals surface area contributed by atoms with Gasteiger partial charge >= 0.3 is 0 Å². The first-order valence-corrected chi connectivity index (χ1v) is 7.49. The van der Waals surface area contributed by atoms with E-state index >= 15 is 0 Å². The van der Waals surface area contributed by atoms with Crippen molar-refractivity contribution in [1.82, 2.24) is 24.8 Å². The topological polar surface area (TPSA) is 79.3 Å². The Bertz CT molecular complexity index is 624. The summed E-state index contributed by atoms with van der Waals surface area (Å²) in [5, 5.41) is 0. The van der Waals surface area contributed by atoms with Gasteiger partial charge in [-0.1, -0.05) is 0 Å². The Labute approximate surface area is 146 Å². The lowest BCUT2D eigenvalue weighted by Crippen LogP contribution is -2.37. The zero-order valence-electron chi connectivity index (χ0n) is 13.0. The molecule has 0 atom stereocenters.